The van der Waals surface area contributed by atoms with Crippen molar-refractivity contribution in [3.05, 3.63) is 24.0 Å². The zero-order chi connectivity index (χ0) is 10.3. The highest BCUT2D eigenvalue weighted by molar-refractivity contribution is 5.74. The van der Waals surface area contributed by atoms with E-state index in [1.54, 1.807) is 0 Å². The van der Waals surface area contributed by atoms with Crippen LogP contribution in [0.4, 0.5) is 0 Å². The Labute approximate surface area is 85.0 Å². The van der Waals surface area contributed by atoms with Gasteiger partial charge in [-0.3, -0.25) is 4.99 Å². The number of nitrogens with zero attached hydrogens (tertiary/aromatic N) is 2. The molecule has 14 heavy (non-hydrogen) atoms. The average Bonchev–Trinajstić information content (AvgIpc) is 2.47. The Kier molecular flexibility index (Phi) is 1.91. The Morgan fingerprint density at radius 3 is 2.79 bits per heavy atom. The summed E-state index contributed by atoms with van der Waals surface area (Å²) in [6.07, 6.45) is 8.11. The minimum Gasteiger partial charge on any atom is -0.401 e. The van der Waals surface area contributed by atoms with Gasteiger partial charge in [0, 0.05) is 17.5 Å². The summed E-state index contributed by atoms with van der Waals surface area (Å²) in [4.78, 5) is 6.73. The quantitative estimate of drug-likeness (QED) is 0.630. The molecule has 0 saturated carbocycles. The molecule has 2 aliphatic rings. The van der Waals surface area contributed by atoms with Gasteiger partial charge in [-0.2, -0.15) is 0 Å². The first-order chi connectivity index (χ1) is 6.50. The third kappa shape index (κ3) is 1.33. The number of allylic oxidation sites excluding steroid dienone is 1. The van der Waals surface area contributed by atoms with Crippen LogP contribution < -0.4 is 5.73 Å². The van der Waals surface area contributed by atoms with Crippen molar-refractivity contribution in [3.8, 4) is 0 Å². The van der Waals surface area contributed by atoms with Crippen molar-refractivity contribution in [2.24, 2.45) is 16.6 Å². The van der Waals surface area contributed by atoms with Crippen LogP contribution in [-0.2, 0) is 0 Å². The third-order valence-corrected chi connectivity index (χ3v) is 2.73. The van der Waals surface area contributed by atoms with Gasteiger partial charge in [0.1, 0.15) is 6.17 Å². The van der Waals surface area contributed by atoms with Gasteiger partial charge in [0.2, 0.25) is 0 Å². The summed E-state index contributed by atoms with van der Waals surface area (Å²) in [5.41, 5.74) is 6.93. The number of hydrogen-bond donors (Lipinski definition) is 1. The SMILES string of the molecule is CC(C)(C)N1C=CC2C(N)=CC=NC21. The predicted octanol–water partition coefficient (Wildman–Crippen LogP) is 1.48. The van der Waals surface area contributed by atoms with Crippen LogP contribution in [0.3, 0.4) is 0 Å². The molecule has 0 fully saturated rings. The molecule has 2 N–H and O–H groups in total. The van der Waals surface area contributed by atoms with Crippen LogP contribution in [0.25, 0.3) is 0 Å². The minimum absolute atomic E-state index is 0.102. The summed E-state index contributed by atoms with van der Waals surface area (Å²) in [6.45, 7) is 6.55. The Morgan fingerprint density at radius 2 is 2.14 bits per heavy atom. The van der Waals surface area contributed by atoms with Crippen molar-refractivity contribution >= 4 is 6.21 Å². The number of hydrogen-bond acceptors (Lipinski definition) is 3. The van der Waals surface area contributed by atoms with E-state index in [1.807, 2.05) is 12.3 Å². The van der Waals surface area contributed by atoms with Gasteiger partial charge in [0.25, 0.3) is 0 Å². The number of rotatable bonds is 0. The molecule has 0 aromatic carbocycles. The maximum absolute atomic E-state index is 5.92. The summed E-state index contributed by atoms with van der Waals surface area (Å²) < 4.78 is 0. The Bertz CT molecular complexity index is 320. The van der Waals surface area contributed by atoms with E-state index in [-0.39, 0.29) is 17.6 Å². The molecule has 2 unspecified atom stereocenters. The first kappa shape index (κ1) is 9.31. The van der Waals surface area contributed by atoms with E-state index in [0.717, 1.165) is 5.70 Å². The summed E-state index contributed by atoms with van der Waals surface area (Å²) in [7, 11) is 0. The van der Waals surface area contributed by atoms with Crippen molar-refractivity contribution in [2.75, 3.05) is 0 Å². The summed E-state index contributed by atoms with van der Waals surface area (Å²) >= 11 is 0. The van der Waals surface area contributed by atoms with Crippen LogP contribution in [0, 0.1) is 5.92 Å². The molecule has 2 atom stereocenters. The van der Waals surface area contributed by atoms with Gasteiger partial charge in [-0.05, 0) is 33.0 Å². The van der Waals surface area contributed by atoms with Gasteiger partial charge in [0.15, 0.2) is 0 Å². The standard InChI is InChI=1S/C11H17N3/c1-11(2,3)14-7-5-8-9(12)4-6-13-10(8)14/h4-8,10H,12H2,1-3H3. The van der Waals surface area contributed by atoms with E-state index < -0.39 is 0 Å². The molecule has 0 aliphatic carbocycles. The zero-order valence-corrected chi connectivity index (χ0v) is 8.94. The van der Waals surface area contributed by atoms with Crippen molar-refractivity contribution in [3.63, 3.8) is 0 Å². The van der Waals surface area contributed by atoms with Gasteiger partial charge in [0.05, 0.1) is 5.92 Å². The Hall–Kier alpha value is -1.25. The highest BCUT2D eigenvalue weighted by Crippen LogP contribution is 2.33. The first-order valence-corrected chi connectivity index (χ1v) is 4.96. The molecule has 2 rings (SSSR count). The molecule has 0 spiro atoms. The Morgan fingerprint density at radius 1 is 1.43 bits per heavy atom. The lowest BCUT2D eigenvalue weighted by molar-refractivity contribution is 0.149. The van der Waals surface area contributed by atoms with E-state index in [4.69, 9.17) is 5.73 Å². The predicted molar refractivity (Wildman–Crippen MR) is 58.8 cm³/mol. The van der Waals surface area contributed by atoms with Gasteiger partial charge in [-0.1, -0.05) is 6.08 Å². The molecular formula is C11H17N3. The molecule has 0 aromatic rings. The monoisotopic (exact) mass is 191 g/mol. The molecule has 0 bridgehead atoms. The second-order valence-corrected chi connectivity index (χ2v) is 4.82. The van der Waals surface area contributed by atoms with Crippen LogP contribution >= 0.6 is 0 Å². The maximum atomic E-state index is 5.92. The zero-order valence-electron chi connectivity index (χ0n) is 8.94. The number of aliphatic imine (C=N–C) groups is 1. The first-order valence-electron chi connectivity index (χ1n) is 4.96. The molecular weight excluding hydrogens is 174 g/mol. The number of dihydropyridines is 1. The summed E-state index contributed by atoms with van der Waals surface area (Å²) in [6, 6.07) is 0. The van der Waals surface area contributed by atoms with Gasteiger partial charge >= 0.3 is 0 Å². The van der Waals surface area contributed by atoms with Gasteiger partial charge in [-0.25, -0.2) is 0 Å². The molecule has 0 aromatic heterocycles. The number of nitrogens with two attached hydrogens (primary N) is 1. The van der Waals surface area contributed by atoms with Crippen LogP contribution in [0.15, 0.2) is 29.0 Å². The molecule has 0 radical (unpaired) electrons. The van der Waals surface area contributed by atoms with Crippen molar-refractivity contribution in [1.82, 2.24) is 4.90 Å². The smallest absolute Gasteiger partial charge is 0.132 e. The van der Waals surface area contributed by atoms with E-state index in [9.17, 15) is 0 Å². The van der Waals surface area contributed by atoms with Crippen LogP contribution in [0.1, 0.15) is 20.8 Å². The molecule has 2 heterocycles. The molecule has 3 nitrogen and oxygen atoms in total. The Balaban J connectivity index is 2.27. The van der Waals surface area contributed by atoms with Gasteiger partial charge < -0.3 is 10.6 Å². The second-order valence-electron chi connectivity index (χ2n) is 4.82. The fraction of sp³-hybridized carbons (Fsp3) is 0.545. The van der Waals surface area contributed by atoms with Crippen LogP contribution in [-0.4, -0.2) is 22.8 Å². The normalized spacial score (nSPS) is 30.5. The van der Waals surface area contributed by atoms with Crippen molar-refractivity contribution < 1.29 is 0 Å². The van der Waals surface area contributed by atoms with Crippen LogP contribution in [0.2, 0.25) is 0 Å². The average molecular weight is 191 g/mol. The minimum atomic E-state index is 0.102. The fourth-order valence-electron chi connectivity index (χ4n) is 1.94. The fourth-order valence-corrected chi connectivity index (χ4v) is 1.94. The van der Waals surface area contributed by atoms with E-state index >= 15 is 0 Å². The highest BCUT2D eigenvalue weighted by atomic mass is 15.3. The third-order valence-electron chi connectivity index (χ3n) is 2.73. The molecule has 0 amide bonds. The van der Waals surface area contributed by atoms with E-state index in [0.29, 0.717) is 0 Å². The number of fused-ring (bicyclic) bond motifs is 1. The van der Waals surface area contributed by atoms with E-state index in [2.05, 4.69) is 42.9 Å². The molecule has 0 saturated heterocycles. The summed E-state index contributed by atoms with van der Waals surface area (Å²) in [5.74, 6) is 0.263. The maximum Gasteiger partial charge on any atom is 0.132 e. The lowest BCUT2D eigenvalue weighted by Gasteiger charge is -2.38. The van der Waals surface area contributed by atoms with E-state index in [1.165, 1.54) is 0 Å². The van der Waals surface area contributed by atoms with Crippen LogP contribution in [0.5, 0.6) is 0 Å². The molecule has 2 aliphatic heterocycles. The molecule has 76 valence electrons. The topological polar surface area (TPSA) is 41.6 Å². The molecule has 3 heteroatoms. The lowest BCUT2D eigenvalue weighted by atomic mass is 9.99. The second kappa shape index (κ2) is 2.87. The highest BCUT2D eigenvalue weighted by Gasteiger charge is 2.36. The van der Waals surface area contributed by atoms with Gasteiger partial charge in [-0.15, -0.1) is 0 Å². The summed E-state index contributed by atoms with van der Waals surface area (Å²) in [5, 5.41) is 0. The van der Waals surface area contributed by atoms with Crippen molar-refractivity contribution in [1.29, 1.82) is 0 Å². The largest absolute Gasteiger partial charge is 0.401 e. The van der Waals surface area contributed by atoms with Crippen molar-refractivity contribution in [2.45, 2.75) is 32.5 Å². The lowest BCUT2D eigenvalue weighted by Crippen LogP contribution is -2.45.